The molecule has 0 bridgehead atoms. The molecule has 5 nitrogen and oxygen atoms in total. The van der Waals surface area contributed by atoms with E-state index in [0.29, 0.717) is 12.0 Å². The van der Waals surface area contributed by atoms with Crippen LogP contribution in [0.1, 0.15) is 30.9 Å². The van der Waals surface area contributed by atoms with Gasteiger partial charge in [0.1, 0.15) is 11.6 Å². The molecule has 0 aromatic carbocycles. The first-order valence-electron chi connectivity index (χ1n) is 6.13. The quantitative estimate of drug-likeness (QED) is 0.800. The monoisotopic (exact) mass is 222 g/mol. The second kappa shape index (κ2) is 4.14. The molecule has 1 fully saturated rings. The Kier molecular flexibility index (Phi) is 2.65. The minimum Gasteiger partial charge on any atom is -0.379 e. The SMILES string of the molecule is CCNC1COCC1c1nnc2n1CCC2. The predicted octanol–water partition coefficient (Wildman–Crippen LogP) is 0.316. The van der Waals surface area contributed by atoms with Crippen molar-refractivity contribution in [1.82, 2.24) is 20.1 Å². The van der Waals surface area contributed by atoms with E-state index in [-0.39, 0.29) is 0 Å². The summed E-state index contributed by atoms with van der Waals surface area (Å²) in [5.41, 5.74) is 0. The number of likely N-dealkylation sites (N-methyl/N-ethyl adjacent to an activating group) is 1. The number of nitrogens with one attached hydrogen (secondary N) is 1. The summed E-state index contributed by atoms with van der Waals surface area (Å²) in [5, 5.41) is 12.1. The molecule has 2 unspecified atom stereocenters. The zero-order chi connectivity index (χ0) is 11.0. The highest BCUT2D eigenvalue weighted by molar-refractivity contribution is 5.10. The molecular formula is C11H18N4O. The van der Waals surface area contributed by atoms with Crippen molar-refractivity contribution in [2.24, 2.45) is 0 Å². The number of hydrogen-bond donors (Lipinski definition) is 1. The van der Waals surface area contributed by atoms with E-state index in [9.17, 15) is 0 Å². The first-order chi connectivity index (χ1) is 7.90. The minimum absolute atomic E-state index is 0.374. The van der Waals surface area contributed by atoms with E-state index in [1.807, 2.05) is 0 Å². The van der Waals surface area contributed by atoms with Crippen molar-refractivity contribution in [1.29, 1.82) is 0 Å². The van der Waals surface area contributed by atoms with Gasteiger partial charge >= 0.3 is 0 Å². The van der Waals surface area contributed by atoms with Crippen LogP contribution in [0.3, 0.4) is 0 Å². The smallest absolute Gasteiger partial charge is 0.140 e. The molecule has 0 spiro atoms. The molecule has 0 aliphatic carbocycles. The fraction of sp³-hybridized carbons (Fsp3) is 0.818. The normalized spacial score (nSPS) is 28.6. The van der Waals surface area contributed by atoms with Crippen molar-refractivity contribution in [2.45, 2.75) is 38.3 Å². The number of hydrogen-bond acceptors (Lipinski definition) is 4. The van der Waals surface area contributed by atoms with Crippen LogP contribution >= 0.6 is 0 Å². The Balaban J connectivity index is 1.85. The van der Waals surface area contributed by atoms with Gasteiger partial charge in [-0.3, -0.25) is 0 Å². The van der Waals surface area contributed by atoms with E-state index in [4.69, 9.17) is 4.74 Å². The maximum absolute atomic E-state index is 5.56. The summed E-state index contributed by atoms with van der Waals surface area (Å²) in [6.07, 6.45) is 2.28. The van der Waals surface area contributed by atoms with Crippen LogP contribution in [0.15, 0.2) is 0 Å². The Hall–Kier alpha value is -0.940. The van der Waals surface area contributed by atoms with Crippen molar-refractivity contribution in [2.75, 3.05) is 19.8 Å². The Morgan fingerprint density at radius 1 is 1.44 bits per heavy atom. The maximum atomic E-state index is 5.56. The van der Waals surface area contributed by atoms with Crippen molar-refractivity contribution in [3.05, 3.63) is 11.6 Å². The second-order valence-electron chi connectivity index (χ2n) is 4.54. The van der Waals surface area contributed by atoms with Crippen molar-refractivity contribution in [3.63, 3.8) is 0 Å². The lowest BCUT2D eigenvalue weighted by Crippen LogP contribution is -2.35. The van der Waals surface area contributed by atoms with Gasteiger partial charge in [0.05, 0.1) is 19.1 Å². The summed E-state index contributed by atoms with van der Waals surface area (Å²) in [6.45, 7) is 5.75. The van der Waals surface area contributed by atoms with Crippen LogP contribution in [0.25, 0.3) is 0 Å². The van der Waals surface area contributed by atoms with Crippen LogP contribution in [0.5, 0.6) is 0 Å². The summed E-state index contributed by atoms with van der Waals surface area (Å²) >= 11 is 0. The highest BCUT2D eigenvalue weighted by Gasteiger charge is 2.34. The standard InChI is InChI=1S/C11H18N4O/c1-2-12-9-7-16-6-8(9)11-14-13-10-4-3-5-15(10)11/h8-9,12H,2-7H2,1H3. The van der Waals surface area contributed by atoms with Crippen LogP contribution < -0.4 is 5.32 Å². The summed E-state index contributed by atoms with van der Waals surface area (Å²) in [5.74, 6) is 2.65. The number of rotatable bonds is 3. The summed E-state index contributed by atoms with van der Waals surface area (Å²) < 4.78 is 7.84. The summed E-state index contributed by atoms with van der Waals surface area (Å²) in [7, 11) is 0. The third-order valence-corrected chi connectivity index (χ3v) is 3.52. The maximum Gasteiger partial charge on any atom is 0.140 e. The number of fused-ring (bicyclic) bond motifs is 1. The summed E-state index contributed by atoms with van der Waals surface area (Å²) in [4.78, 5) is 0. The minimum atomic E-state index is 0.374. The highest BCUT2D eigenvalue weighted by Crippen LogP contribution is 2.27. The molecule has 1 saturated heterocycles. The lowest BCUT2D eigenvalue weighted by Gasteiger charge is -2.17. The highest BCUT2D eigenvalue weighted by atomic mass is 16.5. The number of aryl methyl sites for hydroxylation is 1. The fourth-order valence-electron chi connectivity index (χ4n) is 2.72. The third-order valence-electron chi connectivity index (χ3n) is 3.52. The largest absolute Gasteiger partial charge is 0.379 e. The summed E-state index contributed by atoms with van der Waals surface area (Å²) in [6, 6.07) is 0.402. The third kappa shape index (κ3) is 1.55. The number of aromatic nitrogens is 3. The molecule has 5 heteroatoms. The molecule has 0 radical (unpaired) electrons. The Morgan fingerprint density at radius 3 is 3.25 bits per heavy atom. The zero-order valence-electron chi connectivity index (χ0n) is 9.65. The molecular weight excluding hydrogens is 204 g/mol. The van der Waals surface area contributed by atoms with Gasteiger partial charge in [-0.25, -0.2) is 0 Å². The Morgan fingerprint density at radius 2 is 2.38 bits per heavy atom. The van der Waals surface area contributed by atoms with Crippen LogP contribution in [0.2, 0.25) is 0 Å². The Labute approximate surface area is 95.2 Å². The van der Waals surface area contributed by atoms with Gasteiger partial charge in [-0.2, -0.15) is 0 Å². The average molecular weight is 222 g/mol. The van der Waals surface area contributed by atoms with E-state index >= 15 is 0 Å². The zero-order valence-corrected chi connectivity index (χ0v) is 9.65. The van der Waals surface area contributed by atoms with Gasteiger partial charge in [0, 0.05) is 19.0 Å². The molecule has 0 saturated carbocycles. The number of nitrogens with zero attached hydrogens (tertiary/aromatic N) is 3. The molecule has 88 valence electrons. The lowest BCUT2D eigenvalue weighted by molar-refractivity contribution is 0.187. The molecule has 3 heterocycles. The molecule has 0 amide bonds. The van der Waals surface area contributed by atoms with Gasteiger partial charge in [0.15, 0.2) is 0 Å². The van der Waals surface area contributed by atoms with E-state index in [2.05, 4.69) is 27.0 Å². The van der Waals surface area contributed by atoms with Gasteiger partial charge in [-0.15, -0.1) is 10.2 Å². The van der Waals surface area contributed by atoms with E-state index in [0.717, 1.165) is 44.4 Å². The van der Waals surface area contributed by atoms with Gasteiger partial charge in [-0.05, 0) is 13.0 Å². The molecule has 1 aromatic heterocycles. The molecule has 2 aliphatic heterocycles. The van der Waals surface area contributed by atoms with Crippen molar-refractivity contribution < 1.29 is 4.74 Å². The lowest BCUT2D eigenvalue weighted by atomic mass is 10.0. The average Bonchev–Trinajstić information content (AvgIpc) is 2.91. The van der Waals surface area contributed by atoms with Crippen LogP contribution in [0.4, 0.5) is 0 Å². The fourth-order valence-corrected chi connectivity index (χ4v) is 2.72. The molecule has 1 N–H and O–H groups in total. The van der Waals surface area contributed by atoms with E-state index < -0.39 is 0 Å². The van der Waals surface area contributed by atoms with Crippen LogP contribution in [-0.4, -0.2) is 40.6 Å². The van der Waals surface area contributed by atoms with Crippen molar-refractivity contribution >= 4 is 0 Å². The van der Waals surface area contributed by atoms with Crippen LogP contribution in [0, 0.1) is 0 Å². The van der Waals surface area contributed by atoms with Crippen molar-refractivity contribution in [3.8, 4) is 0 Å². The predicted molar refractivity (Wildman–Crippen MR) is 59.4 cm³/mol. The first kappa shape index (κ1) is 10.2. The topological polar surface area (TPSA) is 52.0 Å². The van der Waals surface area contributed by atoms with Crippen LogP contribution in [-0.2, 0) is 17.7 Å². The molecule has 2 aliphatic rings. The van der Waals surface area contributed by atoms with E-state index in [1.165, 1.54) is 6.42 Å². The first-order valence-corrected chi connectivity index (χ1v) is 6.13. The van der Waals surface area contributed by atoms with E-state index in [1.54, 1.807) is 0 Å². The van der Waals surface area contributed by atoms with Gasteiger partial charge < -0.3 is 14.6 Å². The van der Waals surface area contributed by atoms with Gasteiger partial charge in [0.2, 0.25) is 0 Å². The Bertz CT molecular complexity index is 376. The van der Waals surface area contributed by atoms with Gasteiger partial charge in [-0.1, -0.05) is 6.92 Å². The number of ether oxygens (including phenoxy) is 1. The molecule has 2 atom stereocenters. The molecule has 3 rings (SSSR count). The second-order valence-corrected chi connectivity index (χ2v) is 4.54. The van der Waals surface area contributed by atoms with Gasteiger partial charge in [0.25, 0.3) is 0 Å². The molecule has 16 heavy (non-hydrogen) atoms. The molecule has 1 aromatic rings.